The van der Waals surface area contributed by atoms with E-state index >= 15 is 0 Å². The van der Waals surface area contributed by atoms with Crippen molar-refractivity contribution >= 4 is 27.4 Å². The molecular weight excluding hydrogens is 347 g/mol. The Morgan fingerprint density at radius 1 is 1.32 bits per heavy atom. The molecule has 2 heterocycles. The van der Waals surface area contributed by atoms with Crippen molar-refractivity contribution in [1.29, 1.82) is 0 Å². The molecule has 1 fully saturated rings. The van der Waals surface area contributed by atoms with Gasteiger partial charge in [0.1, 0.15) is 5.82 Å². The number of aromatic nitrogens is 1. The number of amides is 2. The Balaban J connectivity index is 1.69. The third-order valence-electron chi connectivity index (χ3n) is 3.76. The normalized spacial score (nSPS) is 15.8. The van der Waals surface area contributed by atoms with Gasteiger partial charge in [0.2, 0.25) is 10.0 Å². The highest BCUT2D eigenvalue weighted by atomic mass is 32.2. The Morgan fingerprint density at radius 3 is 2.84 bits per heavy atom. The molecule has 0 bridgehead atoms. The van der Waals surface area contributed by atoms with Crippen LogP contribution in [-0.4, -0.2) is 31.7 Å². The molecule has 1 aromatic carbocycles. The number of hydrogen-bond acceptors (Lipinski definition) is 4. The summed E-state index contributed by atoms with van der Waals surface area (Å²) in [6.45, 7) is 0.585. The number of pyridine rings is 1. The van der Waals surface area contributed by atoms with E-state index in [2.05, 4.69) is 15.6 Å². The molecule has 2 amide bonds. The van der Waals surface area contributed by atoms with E-state index in [-0.39, 0.29) is 18.0 Å². The molecule has 1 aliphatic heterocycles. The summed E-state index contributed by atoms with van der Waals surface area (Å²) in [6, 6.07) is 6.80. The summed E-state index contributed by atoms with van der Waals surface area (Å²) in [6.07, 6.45) is 3.75. The lowest BCUT2D eigenvalue weighted by Gasteiger charge is -2.18. The summed E-state index contributed by atoms with van der Waals surface area (Å²) in [4.78, 5) is 15.9. The molecule has 1 aromatic heterocycles. The highest BCUT2D eigenvalue weighted by Crippen LogP contribution is 2.28. The van der Waals surface area contributed by atoms with Crippen molar-refractivity contribution in [2.45, 2.75) is 13.0 Å². The van der Waals surface area contributed by atoms with Crippen LogP contribution in [0.5, 0.6) is 0 Å². The third-order valence-corrected chi connectivity index (χ3v) is 5.63. The van der Waals surface area contributed by atoms with E-state index in [9.17, 15) is 17.6 Å². The molecule has 0 saturated carbocycles. The number of anilines is 2. The van der Waals surface area contributed by atoms with Crippen LogP contribution < -0.4 is 14.9 Å². The Bertz CT molecular complexity index is 874. The van der Waals surface area contributed by atoms with Gasteiger partial charge in [-0.3, -0.25) is 9.29 Å². The predicted octanol–water partition coefficient (Wildman–Crippen LogP) is 2.08. The zero-order valence-electron chi connectivity index (χ0n) is 13.3. The van der Waals surface area contributed by atoms with Gasteiger partial charge in [-0.2, -0.15) is 0 Å². The van der Waals surface area contributed by atoms with Crippen LogP contribution >= 0.6 is 0 Å². The number of sulfonamides is 1. The molecule has 0 atom stereocenters. The number of carbonyl (C=O) groups is 1. The molecule has 3 rings (SSSR count). The van der Waals surface area contributed by atoms with E-state index in [1.54, 1.807) is 24.5 Å². The number of nitrogens with zero attached hydrogens (tertiary/aromatic N) is 2. The molecule has 9 heteroatoms. The molecule has 132 valence electrons. The lowest BCUT2D eigenvalue weighted by Crippen LogP contribution is -2.29. The van der Waals surface area contributed by atoms with Crippen molar-refractivity contribution in [1.82, 2.24) is 10.3 Å². The van der Waals surface area contributed by atoms with Crippen molar-refractivity contribution in [3.63, 3.8) is 0 Å². The molecule has 25 heavy (non-hydrogen) atoms. The topological polar surface area (TPSA) is 91.4 Å². The summed E-state index contributed by atoms with van der Waals surface area (Å²) < 4.78 is 39.1. The fraction of sp³-hybridized carbons (Fsp3) is 0.250. The van der Waals surface area contributed by atoms with E-state index in [0.29, 0.717) is 18.7 Å². The van der Waals surface area contributed by atoms with Crippen LogP contribution in [0.3, 0.4) is 0 Å². The van der Waals surface area contributed by atoms with Crippen LogP contribution in [0.2, 0.25) is 0 Å². The molecule has 0 unspecified atom stereocenters. The number of hydrogen-bond donors (Lipinski definition) is 2. The van der Waals surface area contributed by atoms with Crippen LogP contribution in [0.1, 0.15) is 12.0 Å². The maximum atomic E-state index is 14.0. The van der Waals surface area contributed by atoms with Crippen molar-refractivity contribution < 1.29 is 17.6 Å². The van der Waals surface area contributed by atoms with E-state index in [0.717, 1.165) is 11.6 Å². The van der Waals surface area contributed by atoms with Crippen LogP contribution in [-0.2, 0) is 16.6 Å². The maximum Gasteiger partial charge on any atom is 0.319 e. The van der Waals surface area contributed by atoms with Gasteiger partial charge in [-0.1, -0.05) is 6.07 Å². The summed E-state index contributed by atoms with van der Waals surface area (Å²) in [7, 11) is -3.37. The van der Waals surface area contributed by atoms with Crippen LogP contribution in [0.25, 0.3) is 0 Å². The fourth-order valence-electron chi connectivity index (χ4n) is 2.55. The maximum absolute atomic E-state index is 14.0. The van der Waals surface area contributed by atoms with Gasteiger partial charge in [-0.15, -0.1) is 0 Å². The number of urea groups is 1. The van der Waals surface area contributed by atoms with Crippen LogP contribution in [0.4, 0.5) is 20.6 Å². The van der Waals surface area contributed by atoms with Crippen LogP contribution in [0, 0.1) is 5.82 Å². The average Bonchev–Trinajstić information content (AvgIpc) is 2.95. The molecule has 7 nitrogen and oxygen atoms in total. The Labute approximate surface area is 144 Å². The quantitative estimate of drug-likeness (QED) is 0.869. The van der Waals surface area contributed by atoms with Crippen molar-refractivity contribution in [3.8, 4) is 0 Å². The second kappa shape index (κ2) is 7.06. The smallest absolute Gasteiger partial charge is 0.319 e. The number of nitrogens with one attached hydrogen (secondary N) is 2. The first-order valence-electron chi connectivity index (χ1n) is 7.69. The molecule has 0 spiro atoms. The van der Waals surface area contributed by atoms with Gasteiger partial charge < -0.3 is 10.6 Å². The van der Waals surface area contributed by atoms with Gasteiger partial charge in [-0.05, 0) is 36.2 Å². The summed E-state index contributed by atoms with van der Waals surface area (Å²) in [5.74, 6) is -0.574. The molecule has 0 aliphatic carbocycles. The van der Waals surface area contributed by atoms with E-state index in [1.165, 1.54) is 16.4 Å². The lowest BCUT2D eigenvalue weighted by molar-refractivity contribution is 0.251. The number of carbonyl (C=O) groups excluding carboxylic acids is 1. The zero-order chi connectivity index (χ0) is 17.9. The largest absolute Gasteiger partial charge is 0.334 e. The Kier molecular flexibility index (Phi) is 4.84. The minimum absolute atomic E-state index is 0.0682. The summed E-state index contributed by atoms with van der Waals surface area (Å²) in [5, 5.41) is 5.00. The van der Waals surface area contributed by atoms with E-state index in [1.807, 2.05) is 0 Å². The molecular formula is C16H17FN4O3S. The number of benzene rings is 1. The first kappa shape index (κ1) is 17.2. The predicted molar refractivity (Wildman–Crippen MR) is 92.2 cm³/mol. The Morgan fingerprint density at radius 2 is 2.16 bits per heavy atom. The fourth-order valence-corrected chi connectivity index (χ4v) is 4.10. The Hall–Kier alpha value is -2.68. The molecule has 2 N–H and O–H groups in total. The van der Waals surface area contributed by atoms with Crippen LogP contribution in [0.15, 0.2) is 42.7 Å². The molecule has 1 aliphatic rings. The zero-order valence-corrected chi connectivity index (χ0v) is 14.1. The molecule has 1 saturated heterocycles. The molecule has 0 radical (unpaired) electrons. The second-order valence-corrected chi connectivity index (χ2v) is 7.59. The summed E-state index contributed by atoms with van der Waals surface area (Å²) >= 11 is 0. The number of halogens is 1. The summed E-state index contributed by atoms with van der Waals surface area (Å²) in [5.41, 5.74) is 1.06. The standard InChI is InChI=1S/C16H17FN4O3S/c17-14-5-4-13(21-7-2-8-25(21,23)24)9-15(14)20-16(22)19-11-12-3-1-6-18-10-12/h1,3-6,9-10H,2,7-8,11H2,(H2,19,20,22). The minimum Gasteiger partial charge on any atom is -0.334 e. The SMILES string of the molecule is O=C(NCc1cccnc1)Nc1cc(N2CCCS2(=O)=O)ccc1F. The van der Waals surface area contributed by atoms with Gasteiger partial charge in [0, 0.05) is 25.5 Å². The first-order chi connectivity index (χ1) is 12.0. The third kappa shape index (κ3) is 4.05. The monoisotopic (exact) mass is 364 g/mol. The lowest BCUT2D eigenvalue weighted by atomic mass is 10.2. The van der Waals surface area contributed by atoms with Gasteiger partial charge in [0.25, 0.3) is 0 Å². The van der Waals surface area contributed by atoms with E-state index < -0.39 is 21.9 Å². The average molecular weight is 364 g/mol. The minimum atomic E-state index is -3.37. The second-order valence-electron chi connectivity index (χ2n) is 5.57. The van der Waals surface area contributed by atoms with Crippen molar-refractivity contribution in [2.24, 2.45) is 0 Å². The van der Waals surface area contributed by atoms with Crippen molar-refractivity contribution in [3.05, 3.63) is 54.1 Å². The van der Waals surface area contributed by atoms with Gasteiger partial charge >= 0.3 is 6.03 Å². The highest BCUT2D eigenvalue weighted by Gasteiger charge is 2.28. The van der Waals surface area contributed by atoms with Gasteiger partial charge in [0.05, 0.1) is 17.1 Å². The number of rotatable bonds is 4. The first-order valence-corrected chi connectivity index (χ1v) is 9.30. The van der Waals surface area contributed by atoms with E-state index in [4.69, 9.17) is 0 Å². The van der Waals surface area contributed by atoms with Gasteiger partial charge in [-0.25, -0.2) is 17.6 Å². The molecule has 2 aromatic rings. The van der Waals surface area contributed by atoms with Gasteiger partial charge in [0.15, 0.2) is 0 Å². The highest BCUT2D eigenvalue weighted by molar-refractivity contribution is 7.93. The van der Waals surface area contributed by atoms with Crippen molar-refractivity contribution in [2.75, 3.05) is 21.9 Å².